The molecular weight excluding hydrogens is 364 g/mol. The second-order valence-electron chi connectivity index (χ2n) is 8.32. The lowest BCUT2D eigenvalue weighted by Crippen LogP contribution is -2.28. The predicted molar refractivity (Wildman–Crippen MR) is 111 cm³/mol. The van der Waals surface area contributed by atoms with Crippen molar-refractivity contribution in [2.75, 3.05) is 0 Å². The van der Waals surface area contributed by atoms with Crippen LogP contribution in [0.2, 0.25) is 0 Å². The molecule has 6 heteroatoms. The fraction of sp³-hybridized carbons (Fsp3) is 0.348. The Labute approximate surface area is 171 Å². The molecule has 0 radical (unpaired) electrons. The third-order valence-electron chi connectivity index (χ3n) is 5.03. The van der Waals surface area contributed by atoms with Crippen LogP contribution in [0.3, 0.4) is 0 Å². The van der Waals surface area contributed by atoms with Gasteiger partial charge in [0, 0.05) is 17.5 Å². The van der Waals surface area contributed by atoms with Crippen molar-refractivity contribution in [1.29, 1.82) is 5.26 Å². The summed E-state index contributed by atoms with van der Waals surface area (Å²) in [5.74, 6) is 1.03. The average Bonchev–Trinajstić information content (AvgIpc) is 3.21. The van der Waals surface area contributed by atoms with Crippen LogP contribution in [0.25, 0.3) is 5.82 Å². The highest BCUT2D eigenvalue weighted by molar-refractivity contribution is 5.96. The zero-order valence-electron chi connectivity index (χ0n) is 17.7. The Morgan fingerprint density at radius 3 is 2.34 bits per heavy atom. The van der Waals surface area contributed by atoms with Crippen LogP contribution in [0.5, 0.6) is 0 Å². The normalized spacial score (nSPS) is 12.4. The first-order chi connectivity index (χ1) is 13.6. The number of carbonyl (C=O) groups excluding carboxylic acids is 1. The third-order valence-corrected chi connectivity index (χ3v) is 5.03. The molecule has 0 fully saturated rings. The quantitative estimate of drug-likeness (QED) is 0.701. The molecule has 1 amide bonds. The van der Waals surface area contributed by atoms with Crippen LogP contribution in [0.1, 0.15) is 65.4 Å². The van der Waals surface area contributed by atoms with Crippen LogP contribution in [0.15, 0.2) is 40.9 Å². The van der Waals surface area contributed by atoms with E-state index in [2.05, 4.69) is 37.3 Å². The van der Waals surface area contributed by atoms with E-state index >= 15 is 0 Å². The maximum Gasteiger partial charge on any atom is 0.254 e. The van der Waals surface area contributed by atoms with Crippen molar-refractivity contribution in [3.63, 3.8) is 0 Å². The van der Waals surface area contributed by atoms with E-state index in [4.69, 9.17) is 4.52 Å². The van der Waals surface area contributed by atoms with E-state index in [0.29, 0.717) is 17.1 Å². The van der Waals surface area contributed by atoms with Crippen molar-refractivity contribution < 1.29 is 9.32 Å². The number of hydrogen-bond donors (Lipinski definition) is 1. The van der Waals surface area contributed by atoms with Crippen LogP contribution >= 0.6 is 0 Å². The van der Waals surface area contributed by atoms with E-state index in [9.17, 15) is 10.1 Å². The van der Waals surface area contributed by atoms with Crippen molar-refractivity contribution in [1.82, 2.24) is 15.0 Å². The molecule has 2 aromatic heterocycles. The minimum Gasteiger partial charge on any atom is -0.360 e. The second-order valence-corrected chi connectivity index (χ2v) is 8.32. The molecule has 150 valence electrons. The number of nitriles is 1. The Morgan fingerprint density at radius 1 is 1.17 bits per heavy atom. The summed E-state index contributed by atoms with van der Waals surface area (Å²) in [4.78, 5) is 12.9. The molecule has 6 nitrogen and oxygen atoms in total. The lowest BCUT2D eigenvalue weighted by Gasteiger charge is -2.20. The molecule has 0 bridgehead atoms. The molecule has 0 saturated heterocycles. The highest BCUT2D eigenvalue weighted by atomic mass is 16.5. The molecule has 0 saturated carbocycles. The molecule has 0 spiro atoms. The summed E-state index contributed by atoms with van der Waals surface area (Å²) >= 11 is 0. The highest BCUT2D eigenvalue weighted by Crippen LogP contribution is 2.25. The number of nitrogens with one attached hydrogen (secondary N) is 1. The van der Waals surface area contributed by atoms with Crippen LogP contribution in [0, 0.1) is 32.1 Å². The number of aromatic nitrogens is 2. The van der Waals surface area contributed by atoms with E-state index < -0.39 is 6.04 Å². The van der Waals surface area contributed by atoms with E-state index in [1.54, 1.807) is 6.07 Å². The minimum absolute atomic E-state index is 0.0287. The van der Waals surface area contributed by atoms with Crippen molar-refractivity contribution >= 4 is 5.91 Å². The molecular formula is C23H26N4O2. The Balaban J connectivity index is 1.85. The number of carbonyl (C=O) groups is 1. The number of rotatable bonds is 4. The van der Waals surface area contributed by atoms with Crippen LogP contribution in [0.4, 0.5) is 0 Å². The molecule has 1 aromatic carbocycles. The SMILES string of the molecule is Cc1cc(-n2c(C)cc(C(=O)NC(C#N)c3ccc(C(C)(C)C)cc3)c2C)no1. The van der Waals surface area contributed by atoms with Gasteiger partial charge in [-0.1, -0.05) is 50.2 Å². The first-order valence-corrected chi connectivity index (χ1v) is 9.55. The Morgan fingerprint density at radius 2 is 1.83 bits per heavy atom. The van der Waals surface area contributed by atoms with Gasteiger partial charge in [0.05, 0.1) is 11.6 Å². The van der Waals surface area contributed by atoms with Gasteiger partial charge in [-0.15, -0.1) is 0 Å². The van der Waals surface area contributed by atoms with Gasteiger partial charge >= 0.3 is 0 Å². The van der Waals surface area contributed by atoms with Crippen molar-refractivity contribution in [2.45, 2.75) is 53.0 Å². The number of nitrogens with zero attached hydrogens (tertiary/aromatic N) is 3. The van der Waals surface area contributed by atoms with Gasteiger partial charge in [0.2, 0.25) is 0 Å². The van der Waals surface area contributed by atoms with Crippen LogP contribution in [-0.4, -0.2) is 15.6 Å². The highest BCUT2D eigenvalue weighted by Gasteiger charge is 2.22. The molecule has 1 unspecified atom stereocenters. The maximum atomic E-state index is 12.9. The third kappa shape index (κ3) is 4.09. The van der Waals surface area contributed by atoms with Crippen molar-refractivity contribution in [2.24, 2.45) is 0 Å². The van der Waals surface area contributed by atoms with Crippen LogP contribution < -0.4 is 5.32 Å². The van der Waals surface area contributed by atoms with E-state index in [1.807, 2.05) is 55.7 Å². The Hall–Kier alpha value is -3.33. The van der Waals surface area contributed by atoms with E-state index in [1.165, 1.54) is 5.56 Å². The molecule has 3 rings (SSSR count). The zero-order valence-corrected chi connectivity index (χ0v) is 17.7. The van der Waals surface area contributed by atoms with Gasteiger partial charge in [-0.3, -0.25) is 9.36 Å². The topological polar surface area (TPSA) is 83.9 Å². The van der Waals surface area contributed by atoms with Gasteiger partial charge < -0.3 is 9.84 Å². The summed E-state index contributed by atoms with van der Waals surface area (Å²) in [6.45, 7) is 12.0. The summed E-state index contributed by atoms with van der Waals surface area (Å²) in [6.07, 6.45) is 0. The molecule has 1 atom stereocenters. The fourth-order valence-corrected chi connectivity index (χ4v) is 3.38. The van der Waals surface area contributed by atoms with Crippen molar-refractivity contribution in [3.05, 3.63) is 70.2 Å². The van der Waals surface area contributed by atoms with E-state index in [-0.39, 0.29) is 11.3 Å². The van der Waals surface area contributed by atoms with Gasteiger partial charge in [-0.2, -0.15) is 5.26 Å². The van der Waals surface area contributed by atoms with E-state index in [0.717, 1.165) is 17.0 Å². The van der Waals surface area contributed by atoms with Gasteiger partial charge in [-0.25, -0.2) is 0 Å². The molecule has 3 aromatic rings. The molecule has 2 heterocycles. The predicted octanol–water partition coefficient (Wildman–Crippen LogP) is 4.68. The zero-order chi connectivity index (χ0) is 21.3. The maximum absolute atomic E-state index is 12.9. The second kappa shape index (κ2) is 7.59. The molecule has 0 aliphatic carbocycles. The average molecular weight is 390 g/mol. The number of benzene rings is 1. The lowest BCUT2D eigenvalue weighted by molar-refractivity contribution is 0.0944. The standard InChI is InChI=1S/C23H26N4O2/c1-14-11-19(16(3)27(14)21-12-15(2)29-26-21)22(28)25-20(13-24)17-7-9-18(10-8-17)23(4,5)6/h7-12,20H,1-6H3,(H,25,28). The summed E-state index contributed by atoms with van der Waals surface area (Å²) < 4.78 is 7.02. The smallest absolute Gasteiger partial charge is 0.254 e. The largest absolute Gasteiger partial charge is 0.360 e. The van der Waals surface area contributed by atoms with Gasteiger partial charge in [-0.05, 0) is 43.4 Å². The summed E-state index contributed by atoms with van der Waals surface area (Å²) in [6, 6.07) is 12.9. The van der Waals surface area contributed by atoms with Crippen molar-refractivity contribution in [3.8, 4) is 11.9 Å². The summed E-state index contributed by atoms with van der Waals surface area (Å²) in [5.41, 5.74) is 4.08. The van der Waals surface area contributed by atoms with Gasteiger partial charge in [0.1, 0.15) is 11.8 Å². The fourth-order valence-electron chi connectivity index (χ4n) is 3.38. The first kappa shape index (κ1) is 20.4. The first-order valence-electron chi connectivity index (χ1n) is 9.55. The minimum atomic E-state index is -0.728. The molecule has 0 aliphatic heterocycles. The lowest BCUT2D eigenvalue weighted by atomic mass is 9.86. The molecule has 1 N–H and O–H groups in total. The number of amides is 1. The summed E-state index contributed by atoms with van der Waals surface area (Å²) in [5, 5.41) is 16.5. The molecule has 0 aliphatic rings. The summed E-state index contributed by atoms with van der Waals surface area (Å²) in [7, 11) is 0. The van der Waals surface area contributed by atoms with Gasteiger partial charge in [0.25, 0.3) is 5.91 Å². The Bertz CT molecular complexity index is 1080. The Kier molecular flexibility index (Phi) is 5.34. The monoisotopic (exact) mass is 390 g/mol. The number of aryl methyl sites for hydroxylation is 2. The number of hydrogen-bond acceptors (Lipinski definition) is 4. The molecule has 29 heavy (non-hydrogen) atoms. The van der Waals surface area contributed by atoms with Gasteiger partial charge in [0.15, 0.2) is 5.82 Å². The van der Waals surface area contributed by atoms with Crippen LogP contribution in [-0.2, 0) is 5.41 Å².